The fourth-order valence-electron chi connectivity index (χ4n) is 4.98. The average molecular weight is 428 g/mol. The van der Waals surface area contributed by atoms with Gasteiger partial charge < -0.3 is 9.88 Å². The Bertz CT molecular complexity index is 1180. The quantitative estimate of drug-likeness (QED) is 0.505. The van der Waals surface area contributed by atoms with Gasteiger partial charge >= 0.3 is 0 Å². The third-order valence-electron chi connectivity index (χ3n) is 6.71. The number of benzene rings is 1. The van der Waals surface area contributed by atoms with Crippen LogP contribution in [0.1, 0.15) is 48.7 Å². The second-order valence-corrected chi connectivity index (χ2v) is 8.79. The highest BCUT2D eigenvalue weighted by molar-refractivity contribution is 5.79. The minimum atomic E-state index is 0.0831. The van der Waals surface area contributed by atoms with Crippen LogP contribution in [0.5, 0.6) is 0 Å². The van der Waals surface area contributed by atoms with Gasteiger partial charge in [-0.1, -0.05) is 18.2 Å². The molecule has 1 saturated carbocycles. The number of hydrogen-bond donors (Lipinski definition) is 1. The van der Waals surface area contributed by atoms with E-state index in [0.29, 0.717) is 12.5 Å². The minimum absolute atomic E-state index is 0.0831. The number of hydrogen-bond acceptors (Lipinski definition) is 3. The van der Waals surface area contributed by atoms with Crippen molar-refractivity contribution in [1.29, 1.82) is 0 Å². The van der Waals surface area contributed by atoms with Gasteiger partial charge in [0.15, 0.2) is 0 Å². The van der Waals surface area contributed by atoms with Crippen molar-refractivity contribution in [2.45, 2.75) is 58.0 Å². The van der Waals surface area contributed by atoms with Gasteiger partial charge in [-0.15, -0.1) is 0 Å². The van der Waals surface area contributed by atoms with Gasteiger partial charge in [-0.2, -0.15) is 5.10 Å². The molecule has 5 rings (SSSR count). The number of carbonyl (C=O) groups excluding carboxylic acids is 1. The molecular formula is C26H29N5O. The van der Waals surface area contributed by atoms with Crippen molar-refractivity contribution in [3.63, 3.8) is 0 Å². The van der Waals surface area contributed by atoms with E-state index in [4.69, 9.17) is 0 Å². The molecular weight excluding hydrogens is 398 g/mol. The number of amides is 1. The summed E-state index contributed by atoms with van der Waals surface area (Å²) in [6.07, 6.45) is 8.45. The molecule has 0 bridgehead atoms. The maximum atomic E-state index is 12.9. The molecule has 1 fully saturated rings. The second kappa shape index (κ2) is 8.61. The van der Waals surface area contributed by atoms with Gasteiger partial charge in [0.1, 0.15) is 5.82 Å². The molecule has 0 spiro atoms. The van der Waals surface area contributed by atoms with Crippen molar-refractivity contribution in [1.82, 2.24) is 24.6 Å². The molecule has 164 valence electrons. The Morgan fingerprint density at radius 1 is 1.03 bits per heavy atom. The van der Waals surface area contributed by atoms with Gasteiger partial charge in [0.05, 0.1) is 17.8 Å². The van der Waals surface area contributed by atoms with Crippen LogP contribution in [0.15, 0.2) is 60.9 Å². The fraction of sp³-hybridized carbons (Fsp3) is 0.346. The number of carbonyl (C=O) groups is 1. The number of aromatic nitrogens is 4. The van der Waals surface area contributed by atoms with E-state index in [0.717, 1.165) is 54.1 Å². The maximum absolute atomic E-state index is 12.9. The van der Waals surface area contributed by atoms with E-state index in [-0.39, 0.29) is 11.9 Å². The predicted octanol–water partition coefficient (Wildman–Crippen LogP) is 4.63. The van der Waals surface area contributed by atoms with Crippen molar-refractivity contribution >= 4 is 5.91 Å². The maximum Gasteiger partial charge on any atom is 0.224 e. The Morgan fingerprint density at radius 3 is 2.59 bits per heavy atom. The Kier molecular flexibility index (Phi) is 5.52. The molecule has 0 saturated heterocycles. The van der Waals surface area contributed by atoms with E-state index in [1.165, 1.54) is 5.56 Å². The molecule has 1 amide bonds. The summed E-state index contributed by atoms with van der Waals surface area (Å²) in [7, 11) is 0. The molecule has 3 aliphatic rings. The second-order valence-electron chi connectivity index (χ2n) is 8.79. The zero-order valence-electron chi connectivity index (χ0n) is 18.7. The van der Waals surface area contributed by atoms with Crippen molar-refractivity contribution in [2.75, 3.05) is 0 Å². The van der Waals surface area contributed by atoms with Gasteiger partial charge in [-0.25, -0.2) is 9.67 Å². The summed E-state index contributed by atoms with van der Waals surface area (Å²) in [6, 6.07) is 17.0. The van der Waals surface area contributed by atoms with Crippen molar-refractivity contribution in [2.24, 2.45) is 0 Å². The molecule has 0 radical (unpaired) electrons. The summed E-state index contributed by atoms with van der Waals surface area (Å²) < 4.78 is 4.23. The highest BCUT2D eigenvalue weighted by atomic mass is 16.1. The van der Waals surface area contributed by atoms with Gasteiger partial charge in [0.25, 0.3) is 0 Å². The molecule has 2 aliphatic heterocycles. The summed E-state index contributed by atoms with van der Waals surface area (Å²) in [6.45, 7) is 4.02. The van der Waals surface area contributed by atoms with Crippen LogP contribution >= 0.6 is 0 Å². The van der Waals surface area contributed by atoms with E-state index in [1.54, 1.807) is 0 Å². The first-order chi connectivity index (χ1) is 15.6. The molecule has 2 aromatic rings. The van der Waals surface area contributed by atoms with E-state index in [9.17, 15) is 4.79 Å². The minimum Gasteiger partial charge on any atom is -0.353 e. The first kappa shape index (κ1) is 20.5. The number of nitrogens with one attached hydrogen (secondary N) is 1. The third-order valence-corrected chi connectivity index (χ3v) is 6.71. The van der Waals surface area contributed by atoms with Gasteiger partial charge in [-0.05, 0) is 69.9 Å². The average Bonchev–Trinajstić information content (AvgIpc) is 3.40. The lowest BCUT2D eigenvalue weighted by atomic mass is 9.90. The Hall–Kier alpha value is -3.41. The Balaban J connectivity index is 1.20. The van der Waals surface area contributed by atoms with Crippen molar-refractivity contribution in [3.05, 3.63) is 77.9 Å². The summed E-state index contributed by atoms with van der Waals surface area (Å²) in [5.74, 6) is 1.14. The lowest BCUT2D eigenvalue weighted by Gasteiger charge is -2.31. The molecule has 6 nitrogen and oxygen atoms in total. The van der Waals surface area contributed by atoms with E-state index < -0.39 is 0 Å². The highest BCUT2D eigenvalue weighted by Gasteiger charge is 2.26. The van der Waals surface area contributed by atoms with Crippen molar-refractivity contribution in [3.8, 4) is 17.1 Å². The number of pyridine rings is 1. The summed E-state index contributed by atoms with van der Waals surface area (Å²) in [5.41, 5.74) is 5.16. The molecule has 3 heterocycles. The first-order valence-corrected chi connectivity index (χ1v) is 11.4. The van der Waals surface area contributed by atoms with E-state index >= 15 is 0 Å². The fourth-order valence-corrected chi connectivity index (χ4v) is 4.98. The van der Waals surface area contributed by atoms with Crippen LogP contribution in [0.25, 0.3) is 17.1 Å². The number of rotatable bonds is 5. The van der Waals surface area contributed by atoms with Crippen LogP contribution in [0.4, 0.5) is 0 Å². The molecule has 32 heavy (non-hydrogen) atoms. The summed E-state index contributed by atoms with van der Waals surface area (Å²) >= 11 is 0. The number of fused-ring (bicyclic) bond motifs is 1. The van der Waals surface area contributed by atoms with Gasteiger partial charge in [0, 0.05) is 41.3 Å². The molecule has 6 heteroatoms. The molecule has 0 unspecified atom stereocenters. The zero-order valence-corrected chi connectivity index (χ0v) is 18.7. The highest BCUT2D eigenvalue weighted by Crippen LogP contribution is 2.32. The van der Waals surface area contributed by atoms with Crippen molar-refractivity contribution < 1.29 is 4.79 Å². The first-order valence-electron chi connectivity index (χ1n) is 11.4. The molecule has 0 atom stereocenters. The molecule has 1 aromatic carbocycles. The van der Waals surface area contributed by atoms with E-state index in [1.807, 2.05) is 55.1 Å². The number of nitrogens with zero attached hydrogens (tertiary/aromatic N) is 4. The zero-order chi connectivity index (χ0) is 22.1. The molecule has 1 aliphatic carbocycles. The van der Waals surface area contributed by atoms with Crippen LogP contribution in [-0.4, -0.2) is 31.3 Å². The van der Waals surface area contributed by atoms with Crippen LogP contribution in [0, 0.1) is 13.8 Å². The standard InChI is InChI=1S/C26H29N5O/c1-18-24(19(2)31(29-18)23-8-4-3-5-9-23)17-25(32)28-21-10-12-22(13-11-21)30-16-6-7-20-14-15-27-26(20)30/h3-9,14-16,21-22H,10-13,17H2,1-2H3,(H,28,32). The van der Waals surface area contributed by atoms with Crippen LogP contribution in [0.3, 0.4) is 0 Å². The summed E-state index contributed by atoms with van der Waals surface area (Å²) in [5, 5.41) is 7.95. The smallest absolute Gasteiger partial charge is 0.224 e. The normalized spacial score (nSPS) is 18.7. The lowest BCUT2D eigenvalue weighted by Crippen LogP contribution is -2.39. The van der Waals surface area contributed by atoms with Crippen LogP contribution < -0.4 is 5.32 Å². The topological polar surface area (TPSA) is 64.7 Å². The number of aryl methyl sites for hydroxylation is 1. The monoisotopic (exact) mass is 427 g/mol. The lowest BCUT2D eigenvalue weighted by molar-refractivity contribution is -0.121. The SMILES string of the molecule is Cc1nn(-c2ccccc2)c(C)c1CC(=O)NC1CCC(n2cccc3ccnc2-3)CC1. The third kappa shape index (κ3) is 3.93. The predicted molar refractivity (Wildman–Crippen MR) is 125 cm³/mol. The van der Waals surface area contributed by atoms with Gasteiger partial charge in [-0.3, -0.25) is 4.79 Å². The molecule has 1 N–H and O–H groups in total. The summed E-state index contributed by atoms with van der Waals surface area (Å²) in [4.78, 5) is 17.4. The van der Waals surface area contributed by atoms with Gasteiger partial charge in [0.2, 0.25) is 5.91 Å². The van der Waals surface area contributed by atoms with Crippen LogP contribution in [-0.2, 0) is 11.2 Å². The Labute approximate surface area is 188 Å². The number of para-hydroxylation sites is 1. The Morgan fingerprint density at radius 2 is 1.81 bits per heavy atom. The van der Waals surface area contributed by atoms with E-state index in [2.05, 4.69) is 44.4 Å². The largest absolute Gasteiger partial charge is 0.353 e. The van der Waals surface area contributed by atoms with Crippen LogP contribution in [0.2, 0.25) is 0 Å². The molecule has 1 aromatic heterocycles.